The van der Waals surface area contributed by atoms with E-state index in [2.05, 4.69) is 12.2 Å². The highest BCUT2D eigenvalue weighted by Gasteiger charge is 2.42. The predicted molar refractivity (Wildman–Crippen MR) is 88.5 cm³/mol. The third kappa shape index (κ3) is 3.52. The highest BCUT2D eigenvalue weighted by atomic mass is 35.5. The molecule has 3 nitrogen and oxygen atoms in total. The molecule has 22 heavy (non-hydrogen) atoms. The van der Waals surface area contributed by atoms with E-state index < -0.39 is 0 Å². The van der Waals surface area contributed by atoms with Gasteiger partial charge in [-0.2, -0.15) is 0 Å². The minimum absolute atomic E-state index is 0.0213. The molecule has 2 aliphatic rings. The quantitative estimate of drug-likeness (QED) is 0.866. The second kappa shape index (κ2) is 6.67. The monoisotopic (exact) mass is 341 g/mol. The average Bonchev–Trinajstić information content (AvgIpc) is 3.09. The van der Waals surface area contributed by atoms with Crippen LogP contribution in [0.25, 0.3) is 0 Å². The van der Waals surface area contributed by atoms with Crippen LogP contribution in [-0.2, 0) is 4.79 Å². The molecule has 2 aliphatic carbocycles. The van der Waals surface area contributed by atoms with Crippen LogP contribution in [0.3, 0.4) is 0 Å². The topological polar surface area (TPSA) is 38.3 Å². The van der Waals surface area contributed by atoms with Gasteiger partial charge in [-0.1, -0.05) is 29.6 Å². The highest BCUT2D eigenvalue weighted by Crippen LogP contribution is 2.49. The first-order valence-electron chi connectivity index (χ1n) is 7.90. The Hall–Kier alpha value is -0.930. The van der Waals surface area contributed by atoms with Crippen molar-refractivity contribution >= 4 is 29.1 Å². The first-order valence-corrected chi connectivity index (χ1v) is 8.65. The maximum absolute atomic E-state index is 12.1. The summed E-state index contributed by atoms with van der Waals surface area (Å²) in [6, 6.07) is 5.19. The van der Waals surface area contributed by atoms with Crippen LogP contribution in [0.1, 0.15) is 32.6 Å². The lowest BCUT2D eigenvalue weighted by molar-refractivity contribution is -0.124. The summed E-state index contributed by atoms with van der Waals surface area (Å²) in [5, 5.41) is 4.04. The van der Waals surface area contributed by atoms with E-state index in [0.29, 0.717) is 21.7 Å². The zero-order chi connectivity index (χ0) is 15.7. The minimum Gasteiger partial charge on any atom is -0.482 e. The van der Waals surface area contributed by atoms with Gasteiger partial charge in [-0.15, -0.1) is 0 Å². The number of hydrogen-bond acceptors (Lipinski definition) is 2. The van der Waals surface area contributed by atoms with Gasteiger partial charge in [0.1, 0.15) is 5.75 Å². The Kier molecular flexibility index (Phi) is 4.84. The number of fused-ring (bicyclic) bond motifs is 2. The molecule has 0 heterocycles. The molecule has 1 amide bonds. The second-order valence-corrected chi connectivity index (χ2v) is 7.40. The van der Waals surface area contributed by atoms with Gasteiger partial charge < -0.3 is 10.1 Å². The van der Waals surface area contributed by atoms with E-state index in [1.54, 1.807) is 18.2 Å². The fourth-order valence-corrected chi connectivity index (χ4v) is 4.51. The molecule has 1 aromatic rings. The van der Waals surface area contributed by atoms with Crippen LogP contribution in [0.5, 0.6) is 5.75 Å². The lowest BCUT2D eigenvalue weighted by atomic mass is 9.84. The van der Waals surface area contributed by atoms with Gasteiger partial charge in [-0.25, -0.2) is 0 Å². The van der Waals surface area contributed by atoms with Crippen LogP contribution in [0.2, 0.25) is 10.0 Å². The van der Waals surface area contributed by atoms with E-state index >= 15 is 0 Å². The largest absolute Gasteiger partial charge is 0.482 e. The molecule has 0 radical (unpaired) electrons. The Morgan fingerprint density at radius 2 is 2.18 bits per heavy atom. The van der Waals surface area contributed by atoms with Crippen molar-refractivity contribution < 1.29 is 9.53 Å². The van der Waals surface area contributed by atoms with Gasteiger partial charge in [0.05, 0.1) is 5.02 Å². The van der Waals surface area contributed by atoms with Gasteiger partial charge in [0.15, 0.2) is 6.61 Å². The molecule has 120 valence electrons. The highest BCUT2D eigenvalue weighted by molar-refractivity contribution is 6.35. The SMILES string of the molecule is C[C@H](NC(=O)COc1ccc(Cl)cc1Cl)[C@@H]1C[C@@H]2CC[C@@H]1C2. The van der Waals surface area contributed by atoms with Crippen molar-refractivity contribution in [2.45, 2.75) is 38.6 Å². The predicted octanol–water partition coefficient (Wildman–Crippen LogP) is 4.31. The van der Waals surface area contributed by atoms with Crippen molar-refractivity contribution in [2.24, 2.45) is 17.8 Å². The maximum atomic E-state index is 12.1. The van der Waals surface area contributed by atoms with Gasteiger partial charge in [0, 0.05) is 11.1 Å². The summed E-state index contributed by atoms with van der Waals surface area (Å²) in [5.41, 5.74) is 0. The normalized spacial score (nSPS) is 27.7. The van der Waals surface area contributed by atoms with Gasteiger partial charge in [-0.05, 0) is 62.1 Å². The van der Waals surface area contributed by atoms with Crippen molar-refractivity contribution in [3.63, 3.8) is 0 Å². The molecule has 0 aliphatic heterocycles. The molecule has 0 unspecified atom stereocenters. The fourth-order valence-electron chi connectivity index (χ4n) is 4.04. The number of ether oxygens (including phenoxy) is 1. The van der Waals surface area contributed by atoms with Gasteiger partial charge in [0.2, 0.25) is 0 Å². The Balaban J connectivity index is 1.48. The molecule has 4 atom stereocenters. The van der Waals surface area contributed by atoms with Crippen LogP contribution in [-0.4, -0.2) is 18.6 Å². The number of carbonyl (C=O) groups excluding carboxylic acids is 1. The van der Waals surface area contributed by atoms with Gasteiger partial charge >= 0.3 is 0 Å². The van der Waals surface area contributed by atoms with Crippen molar-refractivity contribution in [1.82, 2.24) is 5.32 Å². The fraction of sp³-hybridized carbons (Fsp3) is 0.588. The molecular weight excluding hydrogens is 321 g/mol. The molecule has 2 bridgehead atoms. The Morgan fingerprint density at radius 3 is 2.82 bits per heavy atom. The van der Waals surface area contributed by atoms with E-state index in [9.17, 15) is 4.79 Å². The molecule has 0 saturated heterocycles. The van der Waals surface area contributed by atoms with Crippen LogP contribution in [0, 0.1) is 17.8 Å². The van der Waals surface area contributed by atoms with E-state index in [1.807, 2.05) is 0 Å². The van der Waals surface area contributed by atoms with Gasteiger partial charge in [-0.3, -0.25) is 4.79 Å². The first kappa shape index (κ1) is 15.9. The van der Waals surface area contributed by atoms with Crippen molar-refractivity contribution in [3.05, 3.63) is 28.2 Å². The Bertz CT molecular complexity index is 564. The summed E-state index contributed by atoms with van der Waals surface area (Å²) in [5.74, 6) is 2.70. The summed E-state index contributed by atoms with van der Waals surface area (Å²) in [6.07, 6.45) is 5.31. The zero-order valence-electron chi connectivity index (χ0n) is 12.6. The summed E-state index contributed by atoms with van der Waals surface area (Å²) in [4.78, 5) is 12.1. The van der Waals surface area contributed by atoms with Crippen LogP contribution in [0.4, 0.5) is 0 Å². The maximum Gasteiger partial charge on any atom is 0.258 e. The number of benzene rings is 1. The van der Waals surface area contributed by atoms with Gasteiger partial charge in [0.25, 0.3) is 5.91 Å². The molecule has 2 saturated carbocycles. The third-order valence-corrected chi connectivity index (χ3v) is 5.61. The summed E-state index contributed by atoms with van der Waals surface area (Å²) >= 11 is 11.9. The summed E-state index contributed by atoms with van der Waals surface area (Å²) in [6.45, 7) is 2.09. The smallest absolute Gasteiger partial charge is 0.258 e. The zero-order valence-corrected chi connectivity index (χ0v) is 14.2. The molecule has 5 heteroatoms. The minimum atomic E-state index is -0.0960. The number of hydrogen-bond donors (Lipinski definition) is 1. The van der Waals surface area contributed by atoms with E-state index in [4.69, 9.17) is 27.9 Å². The second-order valence-electron chi connectivity index (χ2n) is 6.56. The molecule has 3 rings (SSSR count). The van der Waals surface area contributed by atoms with E-state index in [1.165, 1.54) is 25.7 Å². The van der Waals surface area contributed by atoms with E-state index in [0.717, 1.165) is 11.8 Å². The molecular formula is C17H21Cl2NO2. The molecule has 0 spiro atoms. The van der Waals surface area contributed by atoms with Crippen LogP contribution >= 0.6 is 23.2 Å². The average molecular weight is 342 g/mol. The molecule has 2 fully saturated rings. The number of carbonyl (C=O) groups is 1. The molecule has 1 N–H and O–H groups in total. The van der Waals surface area contributed by atoms with Crippen LogP contribution < -0.4 is 10.1 Å². The molecule has 0 aromatic heterocycles. The molecule has 1 aromatic carbocycles. The Morgan fingerprint density at radius 1 is 1.36 bits per heavy atom. The Labute approximate surface area is 141 Å². The number of rotatable bonds is 5. The first-order chi connectivity index (χ1) is 10.5. The van der Waals surface area contributed by atoms with E-state index in [-0.39, 0.29) is 18.6 Å². The van der Waals surface area contributed by atoms with Crippen molar-refractivity contribution in [2.75, 3.05) is 6.61 Å². The summed E-state index contributed by atoms with van der Waals surface area (Å²) in [7, 11) is 0. The standard InChI is InChI=1S/C17H21Cl2NO2/c1-10(14-7-11-2-3-12(14)6-11)20-17(21)9-22-16-5-4-13(18)8-15(16)19/h4-5,8,10-12,14H,2-3,6-7,9H2,1H3,(H,20,21)/t10-,11+,12+,14-/m0/s1. The lowest BCUT2D eigenvalue weighted by Gasteiger charge is -2.28. The number of halogens is 2. The third-order valence-electron chi connectivity index (χ3n) is 5.08. The van der Waals surface area contributed by atoms with Crippen molar-refractivity contribution in [1.29, 1.82) is 0 Å². The van der Waals surface area contributed by atoms with Crippen LogP contribution in [0.15, 0.2) is 18.2 Å². The van der Waals surface area contributed by atoms with Crippen molar-refractivity contribution in [3.8, 4) is 5.75 Å². The lowest BCUT2D eigenvalue weighted by Crippen LogP contribution is -2.42. The number of amides is 1. The number of nitrogens with one attached hydrogen (secondary N) is 1. The summed E-state index contributed by atoms with van der Waals surface area (Å²) < 4.78 is 5.48.